The molecular weight excluding hydrogens is 677 g/mol. The van der Waals surface area contributed by atoms with Crippen molar-refractivity contribution in [2.45, 2.75) is 0 Å². The maximum Gasteiger partial charge on any atom is 0.0619 e. The molecule has 0 atom stereocenters. The van der Waals surface area contributed by atoms with E-state index in [1.54, 1.807) is 0 Å². The molecule has 0 aliphatic carbocycles. The highest BCUT2D eigenvalue weighted by molar-refractivity contribution is 6.18. The topological polar surface area (TPSA) is 8.17 Å². The normalized spacial score (nSPS) is 11.6. The van der Waals surface area contributed by atoms with Gasteiger partial charge in [-0.05, 0) is 116 Å². The van der Waals surface area contributed by atoms with Crippen LogP contribution >= 0.6 is 0 Å². The minimum Gasteiger partial charge on any atom is -0.310 e. The lowest BCUT2D eigenvalue weighted by atomic mass is 9.99. The van der Waals surface area contributed by atoms with Crippen molar-refractivity contribution in [3.8, 4) is 27.9 Å². The molecule has 0 radical (unpaired) electrons. The van der Waals surface area contributed by atoms with Crippen LogP contribution < -0.4 is 4.90 Å². The third-order valence-corrected chi connectivity index (χ3v) is 11.3. The Morgan fingerprint density at radius 2 is 0.804 bits per heavy atom. The van der Waals surface area contributed by atoms with Gasteiger partial charge in [0.25, 0.3) is 0 Å². The van der Waals surface area contributed by atoms with Gasteiger partial charge in [-0.25, -0.2) is 0 Å². The molecule has 0 bridgehead atoms. The minimum atomic E-state index is 1.12. The average Bonchev–Trinajstić information content (AvgIpc) is 3.62. The van der Waals surface area contributed by atoms with Gasteiger partial charge in [0.05, 0.1) is 11.0 Å². The molecule has 10 aromatic carbocycles. The fraction of sp³-hybridized carbons (Fsp3) is 0. The SMILES string of the molecule is c1ccc(N(c2ccc(-c3ccc4ccccc4c3)cc2)c2ccc3ccc(-c4ccc(-n5c6ccccc6c6ccc7ccccc7c65)cc4)cc3c2)cc1. The zero-order valence-electron chi connectivity index (χ0n) is 30.7. The van der Waals surface area contributed by atoms with Crippen molar-refractivity contribution in [1.29, 1.82) is 0 Å². The number of para-hydroxylation sites is 2. The molecule has 1 heterocycles. The number of anilines is 3. The molecule has 2 heteroatoms. The number of rotatable bonds is 6. The van der Waals surface area contributed by atoms with E-state index in [9.17, 15) is 0 Å². The molecule has 0 amide bonds. The molecule has 11 aromatic rings. The van der Waals surface area contributed by atoms with Crippen LogP contribution in [0.1, 0.15) is 0 Å². The molecular formula is C54H36N2. The maximum absolute atomic E-state index is 2.43. The molecule has 262 valence electrons. The lowest BCUT2D eigenvalue weighted by Gasteiger charge is -2.26. The second kappa shape index (κ2) is 13.2. The number of hydrogen-bond acceptors (Lipinski definition) is 1. The van der Waals surface area contributed by atoms with Crippen LogP contribution in [0.2, 0.25) is 0 Å². The zero-order valence-corrected chi connectivity index (χ0v) is 30.7. The number of benzene rings is 10. The molecule has 0 N–H and O–H groups in total. The highest BCUT2D eigenvalue weighted by Crippen LogP contribution is 2.39. The van der Waals surface area contributed by atoms with Gasteiger partial charge >= 0.3 is 0 Å². The zero-order chi connectivity index (χ0) is 37.0. The second-order valence-corrected chi connectivity index (χ2v) is 14.6. The monoisotopic (exact) mass is 712 g/mol. The third-order valence-electron chi connectivity index (χ3n) is 11.3. The quantitative estimate of drug-likeness (QED) is 0.167. The van der Waals surface area contributed by atoms with Gasteiger partial charge < -0.3 is 9.47 Å². The van der Waals surface area contributed by atoms with E-state index in [0.29, 0.717) is 0 Å². The van der Waals surface area contributed by atoms with E-state index < -0.39 is 0 Å². The minimum absolute atomic E-state index is 1.12. The summed E-state index contributed by atoms with van der Waals surface area (Å²) in [6.45, 7) is 0. The van der Waals surface area contributed by atoms with Gasteiger partial charge in [0, 0.05) is 38.9 Å². The van der Waals surface area contributed by atoms with Gasteiger partial charge in [-0.3, -0.25) is 0 Å². The first-order valence-electron chi connectivity index (χ1n) is 19.3. The Bertz CT molecular complexity index is 3230. The average molecular weight is 713 g/mol. The smallest absolute Gasteiger partial charge is 0.0619 e. The van der Waals surface area contributed by atoms with E-state index in [1.807, 2.05) is 0 Å². The van der Waals surface area contributed by atoms with Crippen LogP contribution in [0.25, 0.3) is 82.1 Å². The summed E-state index contributed by atoms with van der Waals surface area (Å²) in [6, 6.07) is 79.5. The van der Waals surface area contributed by atoms with E-state index >= 15 is 0 Å². The first-order chi connectivity index (χ1) is 27.7. The van der Waals surface area contributed by atoms with Crippen molar-refractivity contribution < 1.29 is 0 Å². The Morgan fingerprint density at radius 3 is 1.57 bits per heavy atom. The summed E-state index contributed by atoms with van der Waals surface area (Å²) in [5.74, 6) is 0. The van der Waals surface area contributed by atoms with Crippen molar-refractivity contribution in [2.24, 2.45) is 0 Å². The number of aromatic nitrogens is 1. The Kier molecular flexibility index (Phi) is 7.53. The summed E-state index contributed by atoms with van der Waals surface area (Å²) in [5, 5.41) is 9.99. The van der Waals surface area contributed by atoms with Crippen LogP contribution in [0.3, 0.4) is 0 Å². The molecule has 0 spiro atoms. The molecule has 0 aliphatic heterocycles. The van der Waals surface area contributed by atoms with Crippen molar-refractivity contribution in [3.63, 3.8) is 0 Å². The van der Waals surface area contributed by atoms with Crippen LogP contribution in [0.15, 0.2) is 218 Å². The van der Waals surface area contributed by atoms with E-state index in [2.05, 4.69) is 228 Å². The summed E-state index contributed by atoms with van der Waals surface area (Å²) < 4.78 is 2.43. The molecule has 2 nitrogen and oxygen atoms in total. The fourth-order valence-electron chi connectivity index (χ4n) is 8.55. The van der Waals surface area contributed by atoms with Crippen LogP contribution in [0.4, 0.5) is 17.1 Å². The largest absolute Gasteiger partial charge is 0.310 e. The standard InChI is InChI=1S/C54H36N2/c1-2-13-46(14-3-1)55(47-28-22-38(23-29-47)43-20-18-37-10-4-5-12-42(37)34-43)49-32-26-40-19-21-44(35-45(40)36-49)39-24-30-48(31-25-39)56-53-17-9-8-16-51(53)52-33-27-41-11-6-7-15-50(41)54(52)56/h1-36H. The lowest BCUT2D eigenvalue weighted by Crippen LogP contribution is -2.09. The number of fused-ring (bicyclic) bond motifs is 7. The Labute approximate surface area is 325 Å². The van der Waals surface area contributed by atoms with Crippen LogP contribution in [-0.4, -0.2) is 4.57 Å². The highest BCUT2D eigenvalue weighted by atomic mass is 15.1. The molecule has 0 aliphatic rings. The van der Waals surface area contributed by atoms with E-state index in [0.717, 1.165) is 22.7 Å². The van der Waals surface area contributed by atoms with Gasteiger partial charge in [-0.1, -0.05) is 152 Å². The van der Waals surface area contributed by atoms with Gasteiger partial charge in [0.1, 0.15) is 0 Å². The molecule has 0 fully saturated rings. The van der Waals surface area contributed by atoms with Crippen molar-refractivity contribution in [1.82, 2.24) is 4.57 Å². The van der Waals surface area contributed by atoms with Gasteiger partial charge in [-0.15, -0.1) is 0 Å². The molecule has 56 heavy (non-hydrogen) atoms. The number of nitrogens with zero attached hydrogens (tertiary/aromatic N) is 2. The van der Waals surface area contributed by atoms with Crippen LogP contribution in [0.5, 0.6) is 0 Å². The summed E-state index contributed by atoms with van der Waals surface area (Å²) in [6.07, 6.45) is 0. The van der Waals surface area contributed by atoms with E-state index in [1.165, 1.54) is 76.4 Å². The molecule has 0 unspecified atom stereocenters. The highest BCUT2D eigenvalue weighted by Gasteiger charge is 2.16. The van der Waals surface area contributed by atoms with E-state index in [4.69, 9.17) is 0 Å². The van der Waals surface area contributed by atoms with Gasteiger partial charge in [0.2, 0.25) is 0 Å². The van der Waals surface area contributed by atoms with Crippen molar-refractivity contribution in [2.75, 3.05) is 4.90 Å². The Morgan fingerprint density at radius 1 is 0.286 bits per heavy atom. The fourth-order valence-corrected chi connectivity index (χ4v) is 8.55. The van der Waals surface area contributed by atoms with Crippen LogP contribution in [-0.2, 0) is 0 Å². The molecule has 11 rings (SSSR count). The summed E-state index contributed by atoms with van der Waals surface area (Å²) in [5.41, 5.74) is 11.8. The summed E-state index contributed by atoms with van der Waals surface area (Å²) in [7, 11) is 0. The molecule has 0 saturated carbocycles. The predicted molar refractivity (Wildman–Crippen MR) is 239 cm³/mol. The maximum atomic E-state index is 2.43. The second-order valence-electron chi connectivity index (χ2n) is 14.6. The van der Waals surface area contributed by atoms with E-state index in [-0.39, 0.29) is 0 Å². The van der Waals surface area contributed by atoms with Gasteiger partial charge in [-0.2, -0.15) is 0 Å². The summed E-state index contributed by atoms with van der Waals surface area (Å²) in [4.78, 5) is 2.35. The van der Waals surface area contributed by atoms with Gasteiger partial charge in [0.15, 0.2) is 0 Å². The summed E-state index contributed by atoms with van der Waals surface area (Å²) >= 11 is 0. The predicted octanol–water partition coefficient (Wildman–Crippen LogP) is 15.0. The lowest BCUT2D eigenvalue weighted by molar-refractivity contribution is 1.19. The molecule has 0 saturated heterocycles. The Hall–Kier alpha value is -7.42. The first-order valence-corrected chi connectivity index (χ1v) is 19.3. The number of hydrogen-bond donors (Lipinski definition) is 0. The first kappa shape index (κ1) is 32.0. The van der Waals surface area contributed by atoms with Crippen molar-refractivity contribution in [3.05, 3.63) is 218 Å². The van der Waals surface area contributed by atoms with Crippen molar-refractivity contribution >= 4 is 71.2 Å². The third kappa shape index (κ3) is 5.42. The van der Waals surface area contributed by atoms with Crippen LogP contribution in [0, 0.1) is 0 Å². The molecule has 1 aromatic heterocycles. The Balaban J connectivity index is 0.962.